The molecule has 4 aromatic rings. The highest BCUT2D eigenvalue weighted by atomic mass is 16.5. The highest BCUT2D eigenvalue weighted by Gasteiger charge is 2.23. The molecular formula is C23H24N5O+. The molecule has 0 aliphatic carbocycles. The molecule has 6 heteroatoms. The molecule has 0 unspecified atom stereocenters. The zero-order valence-corrected chi connectivity index (χ0v) is 17.0. The summed E-state index contributed by atoms with van der Waals surface area (Å²) in [6, 6.07) is 22.4. The smallest absolute Gasteiger partial charge is 0.262 e. The van der Waals surface area contributed by atoms with Crippen molar-refractivity contribution in [3.05, 3.63) is 72.4 Å². The van der Waals surface area contributed by atoms with Crippen molar-refractivity contribution >= 4 is 27.8 Å². The van der Waals surface area contributed by atoms with Crippen LogP contribution >= 0.6 is 0 Å². The molecule has 1 N–H and O–H groups in total. The Labute approximate surface area is 170 Å². The van der Waals surface area contributed by atoms with Crippen molar-refractivity contribution in [3.8, 4) is 11.6 Å². The van der Waals surface area contributed by atoms with Gasteiger partial charge in [-0.1, -0.05) is 47.2 Å². The van der Waals surface area contributed by atoms with Crippen LogP contribution in [0.4, 0.5) is 17.1 Å². The van der Waals surface area contributed by atoms with Gasteiger partial charge in [0.25, 0.3) is 5.69 Å². The molecule has 1 aromatic heterocycles. The number of anilines is 1. The fourth-order valence-corrected chi connectivity index (χ4v) is 3.55. The number of hydrogen-bond donors (Lipinski definition) is 1. The van der Waals surface area contributed by atoms with Crippen molar-refractivity contribution in [3.63, 3.8) is 0 Å². The summed E-state index contributed by atoms with van der Waals surface area (Å²) in [6.07, 6.45) is 0. The van der Waals surface area contributed by atoms with E-state index in [0.717, 1.165) is 33.5 Å². The fraction of sp³-hybridized carbons (Fsp3) is 0.174. The Morgan fingerprint density at radius 2 is 1.72 bits per heavy atom. The third kappa shape index (κ3) is 3.33. The molecular weight excluding hydrogens is 362 g/mol. The van der Waals surface area contributed by atoms with Gasteiger partial charge in [-0.05, 0) is 36.6 Å². The molecule has 29 heavy (non-hydrogen) atoms. The molecule has 146 valence electrons. The van der Waals surface area contributed by atoms with Crippen molar-refractivity contribution < 1.29 is 9.43 Å². The predicted molar refractivity (Wildman–Crippen MR) is 116 cm³/mol. The maximum absolute atomic E-state index is 5.70. The molecule has 1 heterocycles. The summed E-state index contributed by atoms with van der Waals surface area (Å²) in [5.41, 5.74) is 4.43. The molecule has 0 amide bonds. The van der Waals surface area contributed by atoms with E-state index in [1.165, 1.54) is 0 Å². The topological polar surface area (TPSA) is 54.5 Å². The van der Waals surface area contributed by atoms with Crippen LogP contribution in [0.3, 0.4) is 0 Å². The fourth-order valence-electron chi connectivity index (χ4n) is 3.55. The van der Waals surface area contributed by atoms with Crippen molar-refractivity contribution in [2.75, 3.05) is 26.5 Å². The molecule has 6 nitrogen and oxygen atoms in total. The Morgan fingerprint density at radius 3 is 2.45 bits per heavy atom. The summed E-state index contributed by atoms with van der Waals surface area (Å²) in [5, 5.41) is 15.1. The standard InChI is InChI=1S/C23H24N5O/c1-16-21(23(29-4)28(25-16)18-11-6-5-7-12-18)26-27(3)22-19-13-9-8-10-17(19)14-15-20(22)24-2/h5-15,24H,1-4H3/q+1. The quantitative estimate of drug-likeness (QED) is 0.367. The van der Waals surface area contributed by atoms with Crippen LogP contribution in [-0.2, 0) is 0 Å². The number of azo groups is 2. The third-order valence-corrected chi connectivity index (χ3v) is 4.93. The first-order valence-corrected chi connectivity index (χ1v) is 9.48. The van der Waals surface area contributed by atoms with Crippen molar-refractivity contribution in [1.29, 1.82) is 0 Å². The number of aryl methyl sites for hydroxylation is 1. The van der Waals surface area contributed by atoms with Gasteiger partial charge in [0.15, 0.2) is 7.05 Å². The number of benzene rings is 3. The number of nitrogens with one attached hydrogen (secondary N) is 1. The van der Waals surface area contributed by atoms with Crippen molar-refractivity contribution in [1.82, 2.24) is 9.78 Å². The lowest BCUT2D eigenvalue weighted by Crippen LogP contribution is -2.01. The van der Waals surface area contributed by atoms with E-state index in [2.05, 4.69) is 34.7 Å². The second-order valence-corrected chi connectivity index (χ2v) is 6.75. The van der Waals surface area contributed by atoms with Gasteiger partial charge in [-0.3, -0.25) is 0 Å². The second-order valence-electron chi connectivity index (χ2n) is 6.75. The van der Waals surface area contributed by atoms with Gasteiger partial charge in [0, 0.05) is 12.2 Å². The minimum Gasteiger partial charge on any atom is -0.479 e. The van der Waals surface area contributed by atoms with E-state index in [1.807, 2.05) is 68.2 Å². The van der Waals surface area contributed by atoms with E-state index in [9.17, 15) is 0 Å². The van der Waals surface area contributed by atoms with Gasteiger partial charge in [0.2, 0.25) is 11.6 Å². The highest BCUT2D eigenvalue weighted by molar-refractivity contribution is 5.96. The van der Waals surface area contributed by atoms with Crippen LogP contribution in [0.25, 0.3) is 16.5 Å². The van der Waals surface area contributed by atoms with Crippen LogP contribution in [-0.4, -0.2) is 35.7 Å². The Balaban J connectivity index is 1.90. The number of hydrogen-bond acceptors (Lipinski definition) is 4. The monoisotopic (exact) mass is 386 g/mol. The molecule has 0 aliphatic heterocycles. The summed E-state index contributed by atoms with van der Waals surface area (Å²) in [5.74, 6) is 0.604. The zero-order valence-electron chi connectivity index (χ0n) is 17.0. The molecule has 3 aromatic carbocycles. The Kier molecular flexibility index (Phi) is 4.99. The average Bonchev–Trinajstić information content (AvgIpc) is 3.08. The lowest BCUT2D eigenvalue weighted by atomic mass is 10.1. The molecule has 0 spiro atoms. The van der Waals surface area contributed by atoms with E-state index in [-0.39, 0.29) is 0 Å². The number of nitrogens with zero attached hydrogens (tertiary/aromatic N) is 4. The lowest BCUT2D eigenvalue weighted by molar-refractivity contribution is -0.474. The summed E-state index contributed by atoms with van der Waals surface area (Å²) in [7, 11) is 5.51. The summed E-state index contributed by atoms with van der Waals surface area (Å²) >= 11 is 0. The third-order valence-electron chi connectivity index (χ3n) is 4.93. The van der Waals surface area contributed by atoms with Gasteiger partial charge in [-0.15, -0.1) is 0 Å². The summed E-state index contributed by atoms with van der Waals surface area (Å²) in [4.78, 5) is 0. The molecule has 0 bridgehead atoms. The van der Waals surface area contributed by atoms with E-state index in [4.69, 9.17) is 9.85 Å². The van der Waals surface area contributed by atoms with Crippen LogP contribution in [0.2, 0.25) is 0 Å². The number of rotatable bonds is 5. The highest BCUT2D eigenvalue weighted by Crippen LogP contribution is 2.37. The average molecular weight is 386 g/mol. The molecule has 0 saturated heterocycles. The summed E-state index contributed by atoms with van der Waals surface area (Å²) < 4.78 is 9.36. The Bertz CT molecular complexity index is 1190. The Morgan fingerprint density at radius 1 is 1.00 bits per heavy atom. The minimum atomic E-state index is 0.604. The van der Waals surface area contributed by atoms with Gasteiger partial charge in [0.05, 0.1) is 23.9 Å². The molecule has 0 atom stereocenters. The van der Waals surface area contributed by atoms with Crippen LogP contribution in [0.1, 0.15) is 5.69 Å². The van der Waals surface area contributed by atoms with Crippen molar-refractivity contribution in [2.45, 2.75) is 6.92 Å². The predicted octanol–water partition coefficient (Wildman–Crippen LogP) is 5.44. The van der Waals surface area contributed by atoms with E-state index < -0.39 is 0 Å². The summed E-state index contributed by atoms with van der Waals surface area (Å²) in [6.45, 7) is 1.94. The molecule has 0 saturated carbocycles. The molecule has 0 aliphatic rings. The SMILES string of the molecule is CNc1ccc2ccccc2c1[N+](C)=Nc1c(C)nn(-c2ccccc2)c1OC. The van der Waals surface area contributed by atoms with Crippen LogP contribution < -0.4 is 10.1 Å². The van der Waals surface area contributed by atoms with Gasteiger partial charge >= 0.3 is 0 Å². The van der Waals surface area contributed by atoms with E-state index >= 15 is 0 Å². The van der Waals surface area contributed by atoms with Gasteiger partial charge in [0.1, 0.15) is 5.69 Å². The van der Waals surface area contributed by atoms with Crippen molar-refractivity contribution in [2.24, 2.45) is 5.11 Å². The number of aromatic nitrogens is 2. The Hall–Kier alpha value is -3.67. The maximum Gasteiger partial charge on any atom is 0.262 e. The lowest BCUT2D eigenvalue weighted by Gasteiger charge is -2.08. The number of methoxy groups -OCH3 is 1. The largest absolute Gasteiger partial charge is 0.479 e. The van der Waals surface area contributed by atoms with Gasteiger partial charge < -0.3 is 10.1 Å². The molecule has 4 rings (SSSR count). The van der Waals surface area contributed by atoms with Crippen LogP contribution in [0, 0.1) is 6.92 Å². The first kappa shape index (κ1) is 18.7. The van der Waals surface area contributed by atoms with Crippen LogP contribution in [0.5, 0.6) is 5.88 Å². The molecule has 0 fully saturated rings. The minimum absolute atomic E-state index is 0.604. The van der Waals surface area contributed by atoms with E-state index in [1.54, 1.807) is 11.8 Å². The number of ether oxygens (including phenoxy) is 1. The first-order chi connectivity index (χ1) is 14.1. The zero-order chi connectivity index (χ0) is 20.4. The molecule has 0 radical (unpaired) electrons. The maximum atomic E-state index is 5.70. The number of fused-ring (bicyclic) bond motifs is 1. The first-order valence-electron chi connectivity index (χ1n) is 9.48. The van der Waals surface area contributed by atoms with Gasteiger partial charge in [-0.2, -0.15) is 9.78 Å². The van der Waals surface area contributed by atoms with E-state index in [0.29, 0.717) is 11.6 Å². The second kappa shape index (κ2) is 7.75. The van der Waals surface area contributed by atoms with Crippen LogP contribution in [0.15, 0.2) is 71.8 Å². The van der Waals surface area contributed by atoms with Gasteiger partial charge in [-0.25, -0.2) is 0 Å². The number of para-hydroxylation sites is 1. The normalized spacial score (nSPS) is 11.7.